The first-order valence-electron chi connectivity index (χ1n) is 7.13. The van der Waals surface area contributed by atoms with Crippen molar-refractivity contribution in [2.45, 2.75) is 19.4 Å². The molecule has 0 radical (unpaired) electrons. The predicted octanol–water partition coefficient (Wildman–Crippen LogP) is 1.57. The van der Waals surface area contributed by atoms with E-state index in [0.29, 0.717) is 15.3 Å². The first-order valence-corrected chi connectivity index (χ1v) is 8.33. The van der Waals surface area contributed by atoms with Gasteiger partial charge >= 0.3 is 0 Å². The van der Waals surface area contributed by atoms with Crippen LogP contribution < -0.4 is 4.80 Å². The van der Waals surface area contributed by atoms with Crippen LogP contribution in [0.4, 0.5) is 0 Å². The number of para-hydroxylation sites is 1. The number of hydrogen-bond acceptors (Lipinski definition) is 4. The van der Waals surface area contributed by atoms with Crippen molar-refractivity contribution < 1.29 is 14.4 Å². The lowest BCUT2D eigenvalue weighted by Gasteiger charge is -2.10. The largest absolute Gasteiger partial charge is 0.303 e. The van der Waals surface area contributed by atoms with Crippen molar-refractivity contribution in [3.63, 3.8) is 0 Å². The number of benzene rings is 1. The predicted molar refractivity (Wildman–Crippen MR) is 90.2 cm³/mol. The van der Waals surface area contributed by atoms with Crippen molar-refractivity contribution in [1.29, 1.82) is 0 Å². The Hall–Kier alpha value is -2.43. The van der Waals surface area contributed by atoms with Gasteiger partial charge in [0.25, 0.3) is 5.91 Å². The van der Waals surface area contributed by atoms with Crippen LogP contribution in [0.1, 0.15) is 12.8 Å². The van der Waals surface area contributed by atoms with Gasteiger partial charge in [-0.3, -0.25) is 19.3 Å². The molecule has 8 heteroatoms. The van der Waals surface area contributed by atoms with Crippen LogP contribution in [0.15, 0.2) is 23.2 Å². The summed E-state index contributed by atoms with van der Waals surface area (Å²) in [6.45, 7) is -0.146. The summed E-state index contributed by atoms with van der Waals surface area (Å²) in [5.41, 5.74) is 0.710. The molecule has 3 amide bonds. The zero-order valence-corrected chi connectivity index (χ0v) is 14.1. The number of hydrogen-bond donors (Lipinski definition) is 0. The van der Waals surface area contributed by atoms with Crippen LogP contribution in [0.5, 0.6) is 0 Å². The first-order chi connectivity index (χ1) is 11.5. The van der Waals surface area contributed by atoms with Crippen LogP contribution >= 0.6 is 22.9 Å². The maximum Gasteiger partial charge on any atom is 0.268 e. The smallest absolute Gasteiger partial charge is 0.268 e. The van der Waals surface area contributed by atoms with E-state index in [2.05, 4.69) is 10.9 Å². The van der Waals surface area contributed by atoms with Gasteiger partial charge in [0.15, 0.2) is 4.80 Å². The molecule has 0 bridgehead atoms. The van der Waals surface area contributed by atoms with Gasteiger partial charge in [0.2, 0.25) is 11.8 Å². The molecular weight excluding hydrogens is 350 g/mol. The Morgan fingerprint density at radius 1 is 1.33 bits per heavy atom. The van der Waals surface area contributed by atoms with E-state index in [0.717, 1.165) is 9.60 Å². The second kappa shape index (κ2) is 6.59. The van der Waals surface area contributed by atoms with Crippen LogP contribution in [0.25, 0.3) is 10.2 Å². The highest BCUT2D eigenvalue weighted by atomic mass is 35.5. The summed E-state index contributed by atoms with van der Waals surface area (Å²) in [6, 6.07) is 5.39. The molecule has 1 saturated heterocycles. The molecule has 0 aliphatic carbocycles. The van der Waals surface area contributed by atoms with Crippen LogP contribution in [0, 0.1) is 12.3 Å². The maximum absolute atomic E-state index is 12.2. The number of carbonyl (C=O) groups is 3. The van der Waals surface area contributed by atoms with Crippen LogP contribution in [-0.4, -0.2) is 33.7 Å². The number of rotatable bonds is 3. The van der Waals surface area contributed by atoms with E-state index in [9.17, 15) is 14.4 Å². The fourth-order valence-electron chi connectivity index (χ4n) is 2.49. The van der Waals surface area contributed by atoms with Gasteiger partial charge < -0.3 is 4.57 Å². The highest BCUT2D eigenvalue weighted by Gasteiger charge is 2.30. The molecule has 2 aromatic rings. The molecule has 2 heterocycles. The Bertz CT molecular complexity index is 951. The Balaban J connectivity index is 2.00. The third kappa shape index (κ3) is 2.98. The number of amides is 3. The number of halogens is 1. The summed E-state index contributed by atoms with van der Waals surface area (Å²) in [7, 11) is 0. The third-order valence-corrected chi connectivity index (χ3v) is 4.92. The third-order valence-electron chi connectivity index (χ3n) is 3.57. The van der Waals surface area contributed by atoms with E-state index in [4.69, 9.17) is 18.0 Å². The van der Waals surface area contributed by atoms with Crippen molar-refractivity contribution in [2.24, 2.45) is 4.99 Å². The molecule has 24 heavy (non-hydrogen) atoms. The normalized spacial score (nSPS) is 15.3. The highest BCUT2D eigenvalue weighted by Crippen LogP contribution is 2.25. The number of fused-ring (bicyclic) bond motifs is 1. The van der Waals surface area contributed by atoms with E-state index < -0.39 is 5.91 Å². The minimum absolute atomic E-state index is 0.141. The summed E-state index contributed by atoms with van der Waals surface area (Å²) in [5, 5.41) is 0.512. The lowest BCUT2D eigenvalue weighted by atomic mass is 10.3. The zero-order chi connectivity index (χ0) is 17.3. The number of imide groups is 1. The molecule has 1 fully saturated rings. The fraction of sp³-hybridized carbons (Fsp3) is 0.250. The molecule has 0 atom stereocenters. The quantitative estimate of drug-likeness (QED) is 0.615. The SMILES string of the molecule is C#CCn1c(=NC(=O)CN2C(=O)CCC2=O)sc2cccc(Cl)c21. The van der Waals surface area contributed by atoms with E-state index in [-0.39, 0.29) is 37.7 Å². The minimum atomic E-state index is -0.577. The molecule has 0 N–H and O–H groups in total. The number of likely N-dealkylation sites (tertiary alicyclic amines) is 1. The van der Waals surface area contributed by atoms with Gasteiger partial charge in [0, 0.05) is 12.8 Å². The monoisotopic (exact) mass is 361 g/mol. The van der Waals surface area contributed by atoms with Crippen molar-refractivity contribution in [3.05, 3.63) is 28.0 Å². The molecule has 0 unspecified atom stereocenters. The first kappa shape index (κ1) is 16.4. The maximum atomic E-state index is 12.2. The van der Waals surface area contributed by atoms with Crippen molar-refractivity contribution >= 4 is 50.9 Å². The molecule has 1 aromatic heterocycles. The van der Waals surface area contributed by atoms with Crippen molar-refractivity contribution in [3.8, 4) is 12.3 Å². The van der Waals surface area contributed by atoms with Gasteiger partial charge in [0.05, 0.1) is 21.8 Å². The molecule has 1 aliphatic rings. The standard InChI is InChI=1S/C16H12ClN3O3S/c1-2-8-19-15-10(17)4-3-5-11(15)24-16(19)18-12(21)9-20-13(22)6-7-14(20)23/h1,3-5H,6-9H2. The van der Waals surface area contributed by atoms with Crippen LogP contribution in [-0.2, 0) is 20.9 Å². The lowest BCUT2D eigenvalue weighted by molar-refractivity contribution is -0.141. The van der Waals surface area contributed by atoms with Gasteiger partial charge in [-0.05, 0) is 12.1 Å². The summed E-state index contributed by atoms with van der Waals surface area (Å²) >= 11 is 7.49. The molecule has 0 saturated carbocycles. The molecular formula is C16H12ClN3O3S. The number of nitrogens with zero attached hydrogens (tertiary/aromatic N) is 3. The van der Waals surface area contributed by atoms with Crippen molar-refractivity contribution in [1.82, 2.24) is 9.47 Å². The van der Waals surface area contributed by atoms with Gasteiger partial charge in [-0.1, -0.05) is 34.9 Å². The second-order valence-corrected chi connectivity index (χ2v) is 6.56. The number of aromatic nitrogens is 1. The topological polar surface area (TPSA) is 71.7 Å². The number of terminal acetylenes is 1. The average Bonchev–Trinajstić information content (AvgIpc) is 3.04. The van der Waals surface area contributed by atoms with Gasteiger partial charge in [-0.25, -0.2) is 0 Å². The van der Waals surface area contributed by atoms with Crippen LogP contribution in [0.3, 0.4) is 0 Å². The molecule has 6 nitrogen and oxygen atoms in total. The van der Waals surface area contributed by atoms with E-state index >= 15 is 0 Å². The minimum Gasteiger partial charge on any atom is -0.303 e. The lowest BCUT2D eigenvalue weighted by Crippen LogP contribution is -2.34. The second-order valence-electron chi connectivity index (χ2n) is 5.14. The van der Waals surface area contributed by atoms with E-state index in [1.807, 2.05) is 6.07 Å². The average molecular weight is 362 g/mol. The molecule has 1 aromatic carbocycles. The fourth-order valence-corrected chi connectivity index (χ4v) is 3.89. The Kier molecular flexibility index (Phi) is 4.51. The highest BCUT2D eigenvalue weighted by molar-refractivity contribution is 7.16. The van der Waals surface area contributed by atoms with Gasteiger partial charge in [-0.15, -0.1) is 6.42 Å². The van der Waals surface area contributed by atoms with Crippen LogP contribution in [0.2, 0.25) is 5.02 Å². The van der Waals surface area contributed by atoms with E-state index in [1.165, 1.54) is 11.3 Å². The molecule has 3 rings (SSSR count). The van der Waals surface area contributed by atoms with Crippen molar-refractivity contribution in [2.75, 3.05) is 6.54 Å². The zero-order valence-electron chi connectivity index (χ0n) is 12.5. The van der Waals surface area contributed by atoms with Gasteiger partial charge in [-0.2, -0.15) is 4.99 Å². The Labute approximate surface area is 146 Å². The molecule has 0 spiro atoms. The summed E-state index contributed by atoms with van der Waals surface area (Å²) in [6.07, 6.45) is 5.68. The summed E-state index contributed by atoms with van der Waals surface area (Å²) in [4.78, 5) is 40.7. The number of thiazole rings is 1. The molecule has 122 valence electrons. The summed E-state index contributed by atoms with van der Waals surface area (Å²) in [5.74, 6) is 1.24. The Morgan fingerprint density at radius 3 is 2.71 bits per heavy atom. The number of carbonyl (C=O) groups excluding carboxylic acids is 3. The summed E-state index contributed by atoms with van der Waals surface area (Å²) < 4.78 is 2.52. The van der Waals surface area contributed by atoms with E-state index in [1.54, 1.807) is 16.7 Å². The Morgan fingerprint density at radius 2 is 2.04 bits per heavy atom. The molecule has 1 aliphatic heterocycles. The van der Waals surface area contributed by atoms with Gasteiger partial charge in [0.1, 0.15) is 6.54 Å².